The van der Waals surface area contributed by atoms with Gasteiger partial charge in [0, 0.05) is 20.0 Å². The quantitative estimate of drug-likeness (QED) is 0.796. The first-order valence-electron chi connectivity index (χ1n) is 6.62. The normalized spacial score (nSPS) is 11.9. The van der Waals surface area contributed by atoms with Gasteiger partial charge in [0.05, 0.1) is 6.54 Å². The van der Waals surface area contributed by atoms with E-state index in [0.717, 1.165) is 5.56 Å². The third kappa shape index (κ3) is 3.98. The lowest BCUT2D eigenvalue weighted by Gasteiger charge is -2.20. The molecule has 2 rings (SSSR count). The van der Waals surface area contributed by atoms with Gasteiger partial charge in [-0.15, -0.1) is 6.58 Å². The molecule has 0 aliphatic carbocycles. The van der Waals surface area contributed by atoms with Crippen molar-refractivity contribution in [1.82, 2.24) is 10.2 Å². The van der Waals surface area contributed by atoms with Crippen LogP contribution in [0.2, 0.25) is 0 Å². The highest BCUT2D eigenvalue weighted by Gasteiger charge is 2.17. The number of ether oxygens (including phenoxy) is 2. The Balaban J connectivity index is 2.01. The molecule has 0 unspecified atom stereocenters. The minimum absolute atomic E-state index is 0.0115. The summed E-state index contributed by atoms with van der Waals surface area (Å²) in [5.41, 5.74) is 0.881. The third-order valence-corrected chi connectivity index (χ3v) is 3.03. The van der Waals surface area contributed by atoms with Crippen molar-refractivity contribution in [2.75, 3.05) is 19.9 Å². The average molecular weight is 290 g/mol. The van der Waals surface area contributed by atoms with E-state index in [1.165, 1.54) is 11.8 Å². The molecule has 1 aliphatic rings. The van der Waals surface area contributed by atoms with Crippen LogP contribution in [0.4, 0.5) is 0 Å². The van der Waals surface area contributed by atoms with E-state index in [1.807, 2.05) is 12.1 Å². The zero-order valence-corrected chi connectivity index (χ0v) is 11.9. The van der Waals surface area contributed by atoms with Crippen LogP contribution in [0, 0.1) is 0 Å². The van der Waals surface area contributed by atoms with Gasteiger partial charge in [-0.3, -0.25) is 9.59 Å². The van der Waals surface area contributed by atoms with Gasteiger partial charge >= 0.3 is 0 Å². The predicted molar refractivity (Wildman–Crippen MR) is 76.9 cm³/mol. The van der Waals surface area contributed by atoms with E-state index in [1.54, 1.807) is 12.1 Å². The summed E-state index contributed by atoms with van der Waals surface area (Å²) in [7, 11) is 0. The molecule has 0 saturated carbocycles. The minimum atomic E-state index is -0.217. The van der Waals surface area contributed by atoms with E-state index in [9.17, 15) is 9.59 Å². The third-order valence-electron chi connectivity index (χ3n) is 3.03. The lowest BCUT2D eigenvalue weighted by atomic mass is 10.2. The fourth-order valence-electron chi connectivity index (χ4n) is 1.95. The summed E-state index contributed by atoms with van der Waals surface area (Å²) in [5, 5.41) is 2.65. The van der Waals surface area contributed by atoms with Crippen molar-refractivity contribution in [2.24, 2.45) is 0 Å². The van der Waals surface area contributed by atoms with Crippen molar-refractivity contribution in [3.05, 3.63) is 36.4 Å². The summed E-state index contributed by atoms with van der Waals surface area (Å²) in [5.74, 6) is 0.969. The van der Waals surface area contributed by atoms with Crippen molar-refractivity contribution in [2.45, 2.75) is 13.5 Å². The van der Waals surface area contributed by atoms with E-state index < -0.39 is 0 Å². The molecule has 112 valence electrons. The molecule has 21 heavy (non-hydrogen) atoms. The number of carbonyl (C=O) groups is 2. The van der Waals surface area contributed by atoms with Crippen molar-refractivity contribution in [3.8, 4) is 11.5 Å². The van der Waals surface area contributed by atoms with Crippen LogP contribution in [-0.4, -0.2) is 36.6 Å². The Kier molecular flexibility index (Phi) is 4.81. The average Bonchev–Trinajstić information content (AvgIpc) is 2.91. The lowest BCUT2D eigenvalue weighted by Crippen LogP contribution is -2.39. The second-order valence-electron chi connectivity index (χ2n) is 4.66. The molecular weight excluding hydrogens is 272 g/mol. The van der Waals surface area contributed by atoms with E-state index >= 15 is 0 Å². The maximum absolute atomic E-state index is 11.7. The molecule has 1 aromatic carbocycles. The first kappa shape index (κ1) is 14.9. The van der Waals surface area contributed by atoms with Crippen LogP contribution in [0.3, 0.4) is 0 Å². The second-order valence-corrected chi connectivity index (χ2v) is 4.66. The molecule has 1 N–H and O–H groups in total. The lowest BCUT2D eigenvalue weighted by molar-refractivity contribution is -0.134. The first-order chi connectivity index (χ1) is 10.1. The molecule has 0 spiro atoms. The smallest absolute Gasteiger partial charge is 0.239 e. The highest BCUT2D eigenvalue weighted by atomic mass is 16.7. The van der Waals surface area contributed by atoms with Gasteiger partial charge in [0.2, 0.25) is 18.6 Å². The molecule has 6 heteroatoms. The maximum Gasteiger partial charge on any atom is 0.239 e. The Morgan fingerprint density at radius 2 is 2.14 bits per heavy atom. The SMILES string of the molecule is C=CCNC(=O)CN(Cc1ccc2c(c1)OCO2)C(C)=O. The molecule has 0 fully saturated rings. The van der Waals surface area contributed by atoms with Crippen LogP contribution in [0.1, 0.15) is 12.5 Å². The van der Waals surface area contributed by atoms with Crippen LogP contribution >= 0.6 is 0 Å². The number of benzene rings is 1. The fourth-order valence-corrected chi connectivity index (χ4v) is 1.95. The van der Waals surface area contributed by atoms with Crippen LogP contribution in [-0.2, 0) is 16.1 Å². The van der Waals surface area contributed by atoms with Gasteiger partial charge in [-0.1, -0.05) is 12.1 Å². The van der Waals surface area contributed by atoms with Gasteiger partial charge in [0.15, 0.2) is 11.5 Å². The summed E-state index contributed by atoms with van der Waals surface area (Å²) in [6, 6.07) is 5.47. The first-order valence-corrected chi connectivity index (χ1v) is 6.62. The molecule has 1 aliphatic heterocycles. The highest BCUT2D eigenvalue weighted by molar-refractivity contribution is 5.83. The molecule has 0 bridgehead atoms. The highest BCUT2D eigenvalue weighted by Crippen LogP contribution is 2.32. The number of fused-ring (bicyclic) bond motifs is 1. The molecule has 0 radical (unpaired) electrons. The summed E-state index contributed by atoms with van der Waals surface area (Å²) >= 11 is 0. The second kappa shape index (κ2) is 6.78. The predicted octanol–water partition coefficient (Wildman–Crippen LogP) is 1.07. The van der Waals surface area contributed by atoms with Gasteiger partial charge in [0.1, 0.15) is 0 Å². The molecule has 0 saturated heterocycles. The van der Waals surface area contributed by atoms with Crippen LogP contribution in [0.25, 0.3) is 0 Å². The number of nitrogens with zero attached hydrogens (tertiary/aromatic N) is 1. The number of rotatable bonds is 6. The van der Waals surface area contributed by atoms with Crippen LogP contribution in [0.15, 0.2) is 30.9 Å². The Hall–Kier alpha value is -2.50. The number of amides is 2. The summed E-state index contributed by atoms with van der Waals surface area (Å²) in [6.07, 6.45) is 1.59. The van der Waals surface area contributed by atoms with Gasteiger partial charge in [-0.25, -0.2) is 0 Å². The van der Waals surface area contributed by atoms with E-state index in [0.29, 0.717) is 24.6 Å². The number of hydrogen-bond acceptors (Lipinski definition) is 4. The van der Waals surface area contributed by atoms with Crippen LogP contribution < -0.4 is 14.8 Å². The van der Waals surface area contributed by atoms with Crippen molar-refractivity contribution < 1.29 is 19.1 Å². The maximum atomic E-state index is 11.7. The Labute approximate surface area is 123 Å². The van der Waals surface area contributed by atoms with Crippen molar-refractivity contribution in [3.63, 3.8) is 0 Å². The van der Waals surface area contributed by atoms with Gasteiger partial charge in [-0.2, -0.15) is 0 Å². The monoisotopic (exact) mass is 290 g/mol. The molecule has 1 aromatic rings. The summed E-state index contributed by atoms with van der Waals surface area (Å²) in [4.78, 5) is 24.8. The van der Waals surface area contributed by atoms with E-state index in [4.69, 9.17) is 9.47 Å². The zero-order valence-electron chi connectivity index (χ0n) is 11.9. The standard InChI is InChI=1S/C15H18N2O4/c1-3-6-16-15(19)9-17(11(2)18)8-12-4-5-13-14(7-12)21-10-20-13/h3-5,7H,1,6,8-10H2,2H3,(H,16,19). The summed E-state index contributed by atoms with van der Waals surface area (Å²) in [6.45, 7) is 5.91. The van der Waals surface area contributed by atoms with Crippen molar-refractivity contribution in [1.29, 1.82) is 0 Å². The topological polar surface area (TPSA) is 67.9 Å². The Bertz CT molecular complexity index is 557. The van der Waals surface area contributed by atoms with Gasteiger partial charge < -0.3 is 19.7 Å². The molecule has 2 amide bonds. The Morgan fingerprint density at radius 3 is 2.86 bits per heavy atom. The zero-order chi connectivity index (χ0) is 15.2. The Morgan fingerprint density at radius 1 is 1.38 bits per heavy atom. The summed E-state index contributed by atoms with van der Waals surface area (Å²) < 4.78 is 10.5. The molecule has 6 nitrogen and oxygen atoms in total. The van der Waals surface area contributed by atoms with Gasteiger partial charge in [0.25, 0.3) is 0 Å². The molecule has 1 heterocycles. The molecule has 0 aromatic heterocycles. The molecular formula is C15H18N2O4. The number of hydrogen-bond donors (Lipinski definition) is 1. The van der Waals surface area contributed by atoms with E-state index in [-0.39, 0.29) is 25.2 Å². The minimum Gasteiger partial charge on any atom is -0.454 e. The largest absolute Gasteiger partial charge is 0.454 e. The van der Waals surface area contributed by atoms with Gasteiger partial charge in [-0.05, 0) is 17.7 Å². The van der Waals surface area contributed by atoms with Crippen LogP contribution in [0.5, 0.6) is 11.5 Å². The van der Waals surface area contributed by atoms with Crippen molar-refractivity contribution >= 4 is 11.8 Å². The van der Waals surface area contributed by atoms with E-state index in [2.05, 4.69) is 11.9 Å². The fraction of sp³-hybridized carbons (Fsp3) is 0.333. The number of nitrogens with one attached hydrogen (secondary N) is 1. The molecule has 0 atom stereocenters. The number of carbonyl (C=O) groups excluding carboxylic acids is 2.